The van der Waals surface area contributed by atoms with Crippen LogP contribution in [0.5, 0.6) is 0 Å². The maximum Gasteiger partial charge on any atom is 0.417 e. The number of carbonyl (C=O) groups is 2. The normalized spacial score (nSPS) is 11.0. The van der Waals surface area contributed by atoms with Gasteiger partial charge in [0.05, 0.1) is 16.3 Å². The van der Waals surface area contributed by atoms with E-state index in [1.54, 1.807) is 0 Å². The van der Waals surface area contributed by atoms with Gasteiger partial charge in [-0.25, -0.2) is 4.98 Å². The molecule has 0 fully saturated rings. The number of pyridine rings is 1. The molecule has 1 aromatic heterocycles. The van der Waals surface area contributed by atoms with Gasteiger partial charge in [-0.3, -0.25) is 20.4 Å². The summed E-state index contributed by atoms with van der Waals surface area (Å²) in [6.45, 7) is 0. The van der Waals surface area contributed by atoms with Gasteiger partial charge in [0.15, 0.2) is 0 Å². The van der Waals surface area contributed by atoms with E-state index < -0.39 is 23.6 Å². The molecule has 0 aliphatic carbocycles. The first kappa shape index (κ1) is 19.1. The Labute approximate surface area is 149 Å². The van der Waals surface area contributed by atoms with Crippen LogP contribution in [0.15, 0.2) is 47.6 Å². The summed E-state index contributed by atoms with van der Waals surface area (Å²) >= 11 is 6.64. The molecule has 1 heterocycles. The van der Waals surface area contributed by atoms with Crippen molar-refractivity contribution in [2.24, 2.45) is 0 Å². The lowest BCUT2D eigenvalue weighted by atomic mass is 10.2. The number of nitrogens with zero attached hydrogens (tertiary/aromatic N) is 1. The van der Waals surface area contributed by atoms with Gasteiger partial charge in [0.25, 0.3) is 5.91 Å². The summed E-state index contributed by atoms with van der Waals surface area (Å²) in [4.78, 5) is 27.1. The van der Waals surface area contributed by atoms with Gasteiger partial charge in [-0.1, -0.05) is 23.4 Å². The molecule has 10 heteroatoms. The number of benzene rings is 1. The number of amides is 2. The van der Waals surface area contributed by atoms with E-state index >= 15 is 0 Å². The van der Waals surface area contributed by atoms with Crippen molar-refractivity contribution >= 4 is 35.2 Å². The Hall–Kier alpha value is -2.26. The molecule has 5 nitrogen and oxygen atoms in total. The van der Waals surface area contributed by atoms with Crippen LogP contribution < -0.4 is 10.9 Å². The van der Waals surface area contributed by atoms with Crippen LogP contribution in [0.1, 0.15) is 15.9 Å². The standard InChI is InChI=1S/C15H11ClF3N3O2S/c16-11-4-1-9(2-5-11)14(24)22-21-12(23)8-25-13-6-3-10(7-20-13)15(17,18)19/h1-7H,8H2,(H,21,23)(H,22,24). The van der Waals surface area contributed by atoms with Crippen LogP contribution in [-0.4, -0.2) is 22.6 Å². The van der Waals surface area contributed by atoms with Gasteiger partial charge in [0, 0.05) is 16.8 Å². The highest BCUT2D eigenvalue weighted by Crippen LogP contribution is 2.29. The number of carbonyl (C=O) groups excluding carboxylic acids is 2. The minimum atomic E-state index is -4.46. The molecule has 25 heavy (non-hydrogen) atoms. The molecule has 0 radical (unpaired) electrons. The molecule has 0 saturated heterocycles. The second kappa shape index (κ2) is 8.21. The van der Waals surface area contributed by atoms with Crippen molar-refractivity contribution in [1.82, 2.24) is 15.8 Å². The second-order valence-corrected chi connectivity index (χ2v) is 6.11. The van der Waals surface area contributed by atoms with Gasteiger partial charge >= 0.3 is 6.18 Å². The van der Waals surface area contributed by atoms with E-state index in [4.69, 9.17) is 11.6 Å². The van der Waals surface area contributed by atoms with E-state index in [0.29, 0.717) is 16.8 Å². The molecule has 132 valence electrons. The summed E-state index contributed by atoms with van der Waals surface area (Å²) in [6.07, 6.45) is -3.76. The fraction of sp³-hybridized carbons (Fsp3) is 0.133. The lowest BCUT2D eigenvalue weighted by molar-refractivity contribution is -0.137. The number of halogens is 4. The van der Waals surface area contributed by atoms with E-state index in [2.05, 4.69) is 15.8 Å². The van der Waals surface area contributed by atoms with Crippen LogP contribution >= 0.6 is 23.4 Å². The van der Waals surface area contributed by atoms with Crippen LogP contribution in [0, 0.1) is 0 Å². The van der Waals surface area contributed by atoms with Gasteiger partial charge in [-0.2, -0.15) is 13.2 Å². The van der Waals surface area contributed by atoms with Gasteiger partial charge in [0.1, 0.15) is 0 Å². The number of thioether (sulfide) groups is 1. The largest absolute Gasteiger partial charge is 0.417 e. The highest BCUT2D eigenvalue weighted by molar-refractivity contribution is 7.99. The zero-order chi connectivity index (χ0) is 18.4. The smallest absolute Gasteiger partial charge is 0.272 e. The van der Waals surface area contributed by atoms with Gasteiger partial charge in [-0.05, 0) is 36.4 Å². The fourth-order valence-corrected chi connectivity index (χ4v) is 2.38. The number of aromatic nitrogens is 1. The summed E-state index contributed by atoms with van der Waals surface area (Å²) in [6, 6.07) is 8.10. The van der Waals surface area contributed by atoms with Crippen molar-refractivity contribution in [1.29, 1.82) is 0 Å². The van der Waals surface area contributed by atoms with Crippen LogP contribution in [-0.2, 0) is 11.0 Å². The molecular formula is C15H11ClF3N3O2S. The molecule has 0 bridgehead atoms. The lowest BCUT2D eigenvalue weighted by Gasteiger charge is -2.08. The SMILES string of the molecule is O=C(CSc1ccc(C(F)(F)F)cn1)NNC(=O)c1ccc(Cl)cc1. The maximum absolute atomic E-state index is 12.4. The monoisotopic (exact) mass is 389 g/mol. The average molecular weight is 390 g/mol. The maximum atomic E-state index is 12.4. The lowest BCUT2D eigenvalue weighted by Crippen LogP contribution is -2.42. The summed E-state index contributed by atoms with van der Waals surface area (Å²) in [7, 11) is 0. The molecule has 2 rings (SSSR count). The number of hydrazine groups is 1. The van der Waals surface area contributed by atoms with Crippen molar-refractivity contribution < 1.29 is 22.8 Å². The number of nitrogens with one attached hydrogen (secondary N) is 2. The van der Waals surface area contributed by atoms with E-state index in [1.807, 2.05) is 0 Å². The van der Waals surface area contributed by atoms with Crippen LogP contribution in [0.3, 0.4) is 0 Å². The van der Waals surface area contributed by atoms with Crippen molar-refractivity contribution in [2.45, 2.75) is 11.2 Å². The predicted molar refractivity (Wildman–Crippen MR) is 87.0 cm³/mol. The van der Waals surface area contributed by atoms with Crippen molar-refractivity contribution in [3.63, 3.8) is 0 Å². The molecule has 2 N–H and O–H groups in total. The third kappa shape index (κ3) is 5.95. The number of rotatable bonds is 4. The van der Waals surface area contributed by atoms with Gasteiger partial charge < -0.3 is 0 Å². The Morgan fingerprint density at radius 2 is 1.76 bits per heavy atom. The van der Waals surface area contributed by atoms with Crippen LogP contribution in [0.25, 0.3) is 0 Å². The highest BCUT2D eigenvalue weighted by atomic mass is 35.5. The minimum absolute atomic E-state index is 0.126. The van der Waals surface area contributed by atoms with E-state index in [-0.39, 0.29) is 10.8 Å². The zero-order valence-corrected chi connectivity index (χ0v) is 14.0. The average Bonchev–Trinajstić information content (AvgIpc) is 2.58. The molecule has 2 amide bonds. The zero-order valence-electron chi connectivity index (χ0n) is 12.4. The summed E-state index contributed by atoms with van der Waals surface area (Å²) in [5.41, 5.74) is 3.86. The van der Waals surface area contributed by atoms with Crippen LogP contribution in [0.4, 0.5) is 13.2 Å². The van der Waals surface area contributed by atoms with Crippen molar-refractivity contribution in [2.75, 3.05) is 5.75 Å². The topological polar surface area (TPSA) is 71.1 Å². The third-order valence-corrected chi connectivity index (χ3v) is 4.03. The van der Waals surface area contributed by atoms with Gasteiger partial charge in [0.2, 0.25) is 5.91 Å². The van der Waals surface area contributed by atoms with E-state index in [9.17, 15) is 22.8 Å². The molecular weight excluding hydrogens is 379 g/mol. The molecule has 0 atom stereocenters. The molecule has 2 aromatic rings. The summed E-state index contributed by atoms with van der Waals surface area (Å²) in [5.74, 6) is -1.18. The minimum Gasteiger partial charge on any atom is -0.272 e. The number of hydrogen-bond donors (Lipinski definition) is 2. The molecule has 0 unspecified atom stereocenters. The quantitative estimate of drug-likeness (QED) is 0.621. The number of alkyl halides is 3. The Morgan fingerprint density at radius 3 is 2.32 bits per heavy atom. The molecule has 0 aliphatic rings. The Kier molecular flexibility index (Phi) is 6.27. The van der Waals surface area contributed by atoms with Crippen LogP contribution in [0.2, 0.25) is 5.02 Å². The first-order valence-corrected chi connectivity index (χ1v) is 8.13. The molecule has 1 aromatic carbocycles. The summed E-state index contributed by atoms with van der Waals surface area (Å²) < 4.78 is 37.2. The van der Waals surface area contributed by atoms with Crippen molar-refractivity contribution in [3.8, 4) is 0 Å². The first-order valence-electron chi connectivity index (χ1n) is 6.76. The Morgan fingerprint density at radius 1 is 1.08 bits per heavy atom. The molecule has 0 spiro atoms. The number of hydrogen-bond acceptors (Lipinski definition) is 4. The van der Waals surface area contributed by atoms with E-state index in [1.165, 1.54) is 30.3 Å². The fourth-order valence-electron chi connectivity index (χ4n) is 1.61. The highest BCUT2D eigenvalue weighted by Gasteiger charge is 2.30. The predicted octanol–water partition coefficient (Wildman–Crippen LogP) is 3.31. The third-order valence-electron chi connectivity index (χ3n) is 2.84. The molecule has 0 saturated carbocycles. The second-order valence-electron chi connectivity index (χ2n) is 4.68. The molecule has 0 aliphatic heterocycles. The van der Waals surface area contributed by atoms with Gasteiger partial charge in [-0.15, -0.1) is 0 Å². The van der Waals surface area contributed by atoms with E-state index in [0.717, 1.165) is 17.8 Å². The Bertz CT molecular complexity index is 752. The summed E-state index contributed by atoms with van der Waals surface area (Å²) in [5, 5.41) is 0.730. The first-order chi connectivity index (χ1) is 11.8. The Balaban J connectivity index is 1.79. The van der Waals surface area contributed by atoms with Crippen molar-refractivity contribution in [3.05, 3.63) is 58.7 Å².